The average Bonchev–Trinajstić information content (AvgIpc) is 3.38. The van der Waals surface area contributed by atoms with Crippen LogP contribution >= 0.6 is 11.6 Å². The second-order valence-electron chi connectivity index (χ2n) is 8.39. The van der Waals surface area contributed by atoms with Crippen molar-refractivity contribution in [2.45, 2.75) is 44.2 Å². The third-order valence-electron chi connectivity index (χ3n) is 5.58. The molecule has 184 valence electrons. The van der Waals surface area contributed by atoms with Gasteiger partial charge in [-0.15, -0.1) is 0 Å². The molecule has 1 aromatic carbocycles. The number of halogens is 3. The van der Waals surface area contributed by atoms with Crippen LogP contribution in [0.3, 0.4) is 0 Å². The first kappa shape index (κ1) is 25.6. The molecule has 1 aromatic heterocycles. The van der Waals surface area contributed by atoms with Crippen LogP contribution in [0.15, 0.2) is 24.3 Å². The fourth-order valence-corrected chi connectivity index (χ4v) is 4.08. The number of nitrogens with one attached hydrogen (secondary N) is 4. The number of alkyl halides is 2. The summed E-state index contributed by atoms with van der Waals surface area (Å²) in [4.78, 5) is 52.5. The van der Waals surface area contributed by atoms with Crippen LogP contribution in [0.5, 0.6) is 0 Å². The average molecular weight is 499 g/mol. The quantitative estimate of drug-likeness (QED) is 0.338. The number of para-hydroxylation sites is 1. The third kappa shape index (κ3) is 6.29. The van der Waals surface area contributed by atoms with Gasteiger partial charge >= 0.3 is 0 Å². The first-order chi connectivity index (χ1) is 16.0. The zero-order valence-corrected chi connectivity index (χ0v) is 19.0. The van der Waals surface area contributed by atoms with Crippen LogP contribution in [0.25, 0.3) is 10.9 Å². The molecule has 9 nitrogen and oxygen atoms in total. The Morgan fingerprint density at radius 1 is 1.26 bits per heavy atom. The summed E-state index contributed by atoms with van der Waals surface area (Å²) in [5.74, 6) is -6.82. The number of aliphatic hydroxyl groups excluding tert-OH is 1. The van der Waals surface area contributed by atoms with Crippen molar-refractivity contribution in [2.75, 3.05) is 13.2 Å². The topological polar surface area (TPSA) is 140 Å². The van der Waals surface area contributed by atoms with E-state index in [4.69, 9.17) is 11.6 Å². The lowest BCUT2D eigenvalue weighted by atomic mass is 9.95. The molecule has 0 saturated carbocycles. The predicted molar refractivity (Wildman–Crippen MR) is 120 cm³/mol. The smallest absolute Gasteiger partial charge is 0.268 e. The fraction of sp³-hybridized carbons (Fsp3) is 0.455. The number of aromatic nitrogens is 1. The molecule has 3 rings (SSSR count). The number of rotatable bonds is 10. The van der Waals surface area contributed by atoms with Gasteiger partial charge in [0.05, 0.1) is 16.6 Å². The molecule has 0 radical (unpaired) electrons. The molecule has 2 aromatic rings. The molecule has 1 aliphatic rings. The number of aromatic amines is 1. The van der Waals surface area contributed by atoms with Crippen molar-refractivity contribution in [1.82, 2.24) is 20.9 Å². The number of carbonyl (C=O) groups is 4. The number of hydrogen-bond donors (Lipinski definition) is 5. The van der Waals surface area contributed by atoms with Crippen LogP contribution in [-0.2, 0) is 14.4 Å². The van der Waals surface area contributed by atoms with Gasteiger partial charge in [0, 0.05) is 24.3 Å². The zero-order chi connectivity index (χ0) is 25.0. The summed E-state index contributed by atoms with van der Waals surface area (Å²) in [5, 5.41) is 17.4. The summed E-state index contributed by atoms with van der Waals surface area (Å²) < 4.78 is 27.7. The van der Waals surface area contributed by atoms with Gasteiger partial charge in [0.1, 0.15) is 18.3 Å². The van der Waals surface area contributed by atoms with Crippen LogP contribution in [0.4, 0.5) is 8.78 Å². The van der Waals surface area contributed by atoms with Gasteiger partial charge in [-0.05, 0) is 31.9 Å². The van der Waals surface area contributed by atoms with E-state index in [0.717, 1.165) is 0 Å². The Labute approximate surface area is 198 Å². The molecule has 34 heavy (non-hydrogen) atoms. The lowest BCUT2D eigenvalue weighted by Gasteiger charge is -2.25. The van der Waals surface area contributed by atoms with Gasteiger partial charge in [0.25, 0.3) is 5.91 Å². The summed E-state index contributed by atoms with van der Waals surface area (Å²) in [7, 11) is 0. The van der Waals surface area contributed by atoms with Gasteiger partial charge in [-0.2, -0.15) is 0 Å². The molecule has 3 atom stereocenters. The number of Topliss-reactive ketones (excluding diaryl/α,β-unsaturated/α-hetero) is 1. The number of carbonyl (C=O) groups excluding carboxylic acids is 4. The Hall–Kier alpha value is -3.05. The second-order valence-corrected chi connectivity index (χ2v) is 8.79. The van der Waals surface area contributed by atoms with Gasteiger partial charge in [-0.1, -0.05) is 23.7 Å². The monoisotopic (exact) mass is 498 g/mol. The van der Waals surface area contributed by atoms with E-state index in [1.54, 1.807) is 18.2 Å². The van der Waals surface area contributed by atoms with Crippen molar-refractivity contribution in [3.63, 3.8) is 0 Å². The molecule has 0 bridgehead atoms. The number of benzene rings is 1. The van der Waals surface area contributed by atoms with E-state index in [1.165, 1.54) is 6.07 Å². The van der Waals surface area contributed by atoms with Crippen LogP contribution in [0, 0.1) is 5.92 Å². The Morgan fingerprint density at radius 3 is 2.59 bits per heavy atom. The summed E-state index contributed by atoms with van der Waals surface area (Å²) in [5.41, 5.74) is 0.477. The normalized spacial score (nSPS) is 17.8. The minimum absolute atomic E-state index is 0.00549. The first-order valence-corrected chi connectivity index (χ1v) is 11.0. The summed E-state index contributed by atoms with van der Waals surface area (Å²) >= 11 is 6.09. The number of aliphatic hydroxyl groups is 1. The van der Waals surface area contributed by atoms with E-state index >= 15 is 0 Å². The fourth-order valence-electron chi connectivity index (χ4n) is 3.85. The van der Waals surface area contributed by atoms with Crippen LogP contribution in [0.2, 0.25) is 5.02 Å². The third-order valence-corrected chi connectivity index (χ3v) is 5.89. The number of H-pyrrole nitrogens is 1. The Bertz CT molecular complexity index is 1100. The summed E-state index contributed by atoms with van der Waals surface area (Å²) in [6.07, 6.45) is -0.698. The number of fused-ring (bicyclic) bond motifs is 1. The molecule has 0 spiro atoms. The van der Waals surface area contributed by atoms with Crippen molar-refractivity contribution >= 4 is 46.0 Å². The molecule has 12 heteroatoms. The van der Waals surface area contributed by atoms with Gasteiger partial charge in [-0.3, -0.25) is 19.2 Å². The number of hydrogen-bond acceptors (Lipinski definition) is 5. The molecule has 5 N–H and O–H groups in total. The molecule has 1 saturated heterocycles. The maximum Gasteiger partial charge on any atom is 0.268 e. The van der Waals surface area contributed by atoms with E-state index in [1.807, 2.05) is 0 Å². The van der Waals surface area contributed by atoms with E-state index < -0.39 is 54.5 Å². The van der Waals surface area contributed by atoms with E-state index in [-0.39, 0.29) is 18.0 Å². The van der Waals surface area contributed by atoms with Crippen molar-refractivity contribution < 1.29 is 33.1 Å². The highest BCUT2D eigenvalue weighted by molar-refractivity contribution is 6.35. The van der Waals surface area contributed by atoms with Crippen LogP contribution in [0.1, 0.15) is 36.7 Å². The highest BCUT2D eigenvalue weighted by atomic mass is 35.5. The van der Waals surface area contributed by atoms with Gasteiger partial charge in [0.2, 0.25) is 17.7 Å². The van der Waals surface area contributed by atoms with Crippen molar-refractivity contribution in [3.8, 4) is 0 Å². The predicted octanol–water partition coefficient (Wildman–Crippen LogP) is 1.54. The molecular weight excluding hydrogens is 474 g/mol. The lowest BCUT2D eigenvalue weighted by molar-refractivity contribution is -0.132. The van der Waals surface area contributed by atoms with Gasteiger partial charge in [-0.25, -0.2) is 8.78 Å². The van der Waals surface area contributed by atoms with E-state index in [2.05, 4.69) is 20.9 Å². The molecule has 0 aliphatic carbocycles. The lowest BCUT2D eigenvalue weighted by Crippen LogP contribution is -2.54. The van der Waals surface area contributed by atoms with Crippen molar-refractivity contribution in [1.29, 1.82) is 0 Å². The van der Waals surface area contributed by atoms with E-state index in [0.29, 0.717) is 35.8 Å². The maximum atomic E-state index is 13.8. The standard InChI is InChI=1S/C22H25ClF2N4O5/c1-22(24,25)9-16(29-20(33)15-7-11-3-2-4-13(23)18(11)27-15)21(34)28-14(17(31)10-30)8-12-5-6-26-19(12)32/h2-4,7,12,14,16,27,30H,5-6,8-10H2,1H3,(H,26,32)(H,28,34)(H,29,33)/t12-,14?,16?/m0/s1. The molecule has 1 fully saturated rings. The number of amides is 3. The first-order valence-electron chi connectivity index (χ1n) is 10.7. The maximum absolute atomic E-state index is 13.8. The van der Waals surface area contributed by atoms with Gasteiger partial charge in [0.15, 0.2) is 5.78 Å². The number of ketones is 1. The summed E-state index contributed by atoms with van der Waals surface area (Å²) in [6.45, 7) is 0.101. The second kappa shape index (κ2) is 10.5. The molecule has 1 aliphatic heterocycles. The molecular formula is C22H25ClF2N4O5. The van der Waals surface area contributed by atoms with Crippen molar-refractivity contribution in [2.24, 2.45) is 5.92 Å². The SMILES string of the molecule is CC(F)(F)CC(NC(=O)c1cc2cccc(Cl)c2[nH]1)C(=O)NC(C[C@@H]1CCNC1=O)C(=O)CO. The minimum atomic E-state index is -3.32. The highest BCUT2D eigenvalue weighted by Gasteiger charge is 2.36. The van der Waals surface area contributed by atoms with Crippen molar-refractivity contribution in [3.05, 3.63) is 35.0 Å². The van der Waals surface area contributed by atoms with Crippen LogP contribution in [-0.4, -0.2) is 64.8 Å². The Morgan fingerprint density at radius 2 is 2.00 bits per heavy atom. The molecule has 2 unspecified atom stereocenters. The largest absolute Gasteiger partial charge is 0.389 e. The Kier molecular flexibility index (Phi) is 7.88. The molecule has 2 heterocycles. The summed E-state index contributed by atoms with van der Waals surface area (Å²) in [6, 6.07) is 3.48. The van der Waals surface area contributed by atoms with Crippen LogP contribution < -0.4 is 16.0 Å². The Balaban J connectivity index is 1.78. The molecule has 3 amide bonds. The minimum Gasteiger partial charge on any atom is -0.389 e. The highest BCUT2D eigenvalue weighted by Crippen LogP contribution is 2.24. The van der Waals surface area contributed by atoms with E-state index in [9.17, 15) is 33.1 Å². The zero-order valence-electron chi connectivity index (χ0n) is 18.3. The van der Waals surface area contributed by atoms with Gasteiger partial charge < -0.3 is 26.0 Å².